The lowest BCUT2D eigenvalue weighted by Gasteiger charge is -2.15. The molecule has 5 nitrogen and oxygen atoms in total. The molecule has 0 saturated carbocycles. The molecular formula is C29H57NO4. The highest BCUT2D eigenvalue weighted by Gasteiger charge is 2.21. The minimum absolute atomic E-state index is 0.175. The Morgan fingerprint density at radius 1 is 0.618 bits per heavy atom. The van der Waals surface area contributed by atoms with Gasteiger partial charge in [0.1, 0.15) is 0 Å². The van der Waals surface area contributed by atoms with Crippen LogP contribution in [-0.4, -0.2) is 36.2 Å². The Bertz CT molecular complexity index is 455. The van der Waals surface area contributed by atoms with Gasteiger partial charge >= 0.3 is 5.97 Å². The van der Waals surface area contributed by atoms with Gasteiger partial charge in [0, 0.05) is 6.42 Å². The van der Waals surface area contributed by atoms with Crippen LogP contribution in [0.1, 0.15) is 155 Å². The Hall–Kier alpha value is -1.10. The van der Waals surface area contributed by atoms with Crippen LogP contribution in [0, 0.1) is 0 Å². The summed E-state index contributed by atoms with van der Waals surface area (Å²) in [5.74, 6) is -0.698. The van der Waals surface area contributed by atoms with Crippen molar-refractivity contribution in [3.8, 4) is 0 Å². The molecule has 0 aliphatic heterocycles. The van der Waals surface area contributed by atoms with Crippen LogP contribution in [0.3, 0.4) is 0 Å². The van der Waals surface area contributed by atoms with Crippen LogP contribution in [0.4, 0.5) is 0 Å². The van der Waals surface area contributed by atoms with Crippen molar-refractivity contribution in [1.29, 1.82) is 0 Å². The highest BCUT2D eigenvalue weighted by atomic mass is 16.5. The number of ether oxygens (including phenoxy) is 1. The largest absolute Gasteiger partial charge is 0.464 e. The van der Waals surface area contributed by atoms with Crippen LogP contribution in [0.5, 0.6) is 0 Å². The van der Waals surface area contributed by atoms with Crippen LogP contribution in [0.2, 0.25) is 0 Å². The third-order valence-corrected chi connectivity index (χ3v) is 6.55. The molecule has 0 fully saturated rings. The summed E-state index contributed by atoms with van der Waals surface area (Å²) in [6.07, 6.45) is 26.3. The van der Waals surface area contributed by atoms with Crippen LogP contribution in [-0.2, 0) is 14.3 Å². The number of unbranched alkanes of at least 4 members (excludes halogenated alkanes) is 19. The van der Waals surface area contributed by atoms with Crippen molar-refractivity contribution >= 4 is 11.9 Å². The lowest BCUT2D eigenvalue weighted by atomic mass is 10.1. The SMILES string of the molecule is CCCCCCCCCCCCCC(=O)N[C@@H](CO)C(=O)OCCCCCCCCCCCC. The van der Waals surface area contributed by atoms with E-state index in [1.54, 1.807) is 0 Å². The number of carbonyl (C=O) groups excluding carboxylic acids is 2. The predicted octanol–water partition coefficient (Wildman–Crippen LogP) is 7.63. The summed E-state index contributed by atoms with van der Waals surface area (Å²) >= 11 is 0. The molecule has 0 saturated heterocycles. The maximum Gasteiger partial charge on any atom is 0.331 e. The highest BCUT2D eigenvalue weighted by molar-refractivity contribution is 5.84. The second-order valence-electron chi connectivity index (χ2n) is 9.94. The molecule has 0 aromatic heterocycles. The van der Waals surface area contributed by atoms with E-state index in [0.717, 1.165) is 32.1 Å². The van der Waals surface area contributed by atoms with Gasteiger partial charge in [0.25, 0.3) is 0 Å². The van der Waals surface area contributed by atoms with Gasteiger partial charge in [0.2, 0.25) is 5.91 Å². The quantitative estimate of drug-likeness (QED) is 0.0979. The third kappa shape index (κ3) is 22.7. The van der Waals surface area contributed by atoms with Gasteiger partial charge < -0.3 is 15.2 Å². The zero-order chi connectivity index (χ0) is 25.1. The van der Waals surface area contributed by atoms with Crippen molar-refractivity contribution in [3.05, 3.63) is 0 Å². The first-order valence-corrected chi connectivity index (χ1v) is 14.7. The molecule has 34 heavy (non-hydrogen) atoms. The molecule has 0 aliphatic carbocycles. The molecule has 0 spiro atoms. The number of hydrogen-bond donors (Lipinski definition) is 2. The number of rotatable bonds is 26. The smallest absolute Gasteiger partial charge is 0.331 e. The maximum absolute atomic E-state index is 12.1. The Morgan fingerprint density at radius 3 is 1.41 bits per heavy atom. The molecule has 0 aromatic carbocycles. The second-order valence-corrected chi connectivity index (χ2v) is 9.94. The van der Waals surface area contributed by atoms with E-state index in [-0.39, 0.29) is 5.91 Å². The number of aliphatic hydroxyl groups excluding tert-OH is 1. The summed E-state index contributed by atoms with van der Waals surface area (Å²) in [4.78, 5) is 24.2. The van der Waals surface area contributed by atoms with Crippen molar-refractivity contribution < 1.29 is 19.4 Å². The highest BCUT2D eigenvalue weighted by Crippen LogP contribution is 2.12. The molecule has 1 atom stereocenters. The van der Waals surface area contributed by atoms with E-state index in [4.69, 9.17) is 4.74 Å². The van der Waals surface area contributed by atoms with E-state index in [1.807, 2.05) is 0 Å². The zero-order valence-electron chi connectivity index (χ0n) is 22.7. The van der Waals surface area contributed by atoms with Gasteiger partial charge in [-0.3, -0.25) is 4.79 Å². The summed E-state index contributed by atoms with van der Waals surface area (Å²) in [7, 11) is 0. The molecular weight excluding hydrogens is 426 g/mol. The fraction of sp³-hybridized carbons (Fsp3) is 0.931. The second kappa shape index (κ2) is 26.5. The minimum Gasteiger partial charge on any atom is -0.464 e. The average Bonchev–Trinajstić information content (AvgIpc) is 2.84. The van der Waals surface area contributed by atoms with Gasteiger partial charge in [0.15, 0.2) is 6.04 Å². The number of aliphatic hydroxyl groups is 1. The molecule has 5 heteroatoms. The van der Waals surface area contributed by atoms with Crippen molar-refractivity contribution in [1.82, 2.24) is 5.32 Å². The Morgan fingerprint density at radius 2 is 1.00 bits per heavy atom. The summed E-state index contributed by atoms with van der Waals surface area (Å²) in [6, 6.07) is -0.941. The Labute approximate surface area is 211 Å². The Balaban J connectivity index is 3.60. The first-order valence-electron chi connectivity index (χ1n) is 14.7. The fourth-order valence-corrected chi connectivity index (χ4v) is 4.26. The van der Waals surface area contributed by atoms with Crippen LogP contribution < -0.4 is 5.32 Å². The first kappa shape index (κ1) is 32.9. The Kier molecular flexibility index (Phi) is 25.6. The number of amides is 1. The van der Waals surface area contributed by atoms with Gasteiger partial charge in [-0.15, -0.1) is 0 Å². The molecule has 2 N–H and O–H groups in total. The van der Waals surface area contributed by atoms with Gasteiger partial charge in [-0.1, -0.05) is 136 Å². The van der Waals surface area contributed by atoms with Crippen LogP contribution >= 0.6 is 0 Å². The van der Waals surface area contributed by atoms with Crippen LogP contribution in [0.25, 0.3) is 0 Å². The van der Waals surface area contributed by atoms with E-state index in [2.05, 4.69) is 19.2 Å². The van der Waals surface area contributed by atoms with Gasteiger partial charge in [0.05, 0.1) is 13.2 Å². The van der Waals surface area contributed by atoms with Crippen molar-refractivity contribution in [2.75, 3.05) is 13.2 Å². The molecule has 0 bridgehead atoms. The maximum atomic E-state index is 12.1. The number of esters is 1. The lowest BCUT2D eigenvalue weighted by Crippen LogP contribution is -2.44. The van der Waals surface area contributed by atoms with Crippen LogP contribution in [0.15, 0.2) is 0 Å². The summed E-state index contributed by atoms with van der Waals surface area (Å²) in [5, 5.41) is 12.1. The molecule has 0 unspecified atom stereocenters. The van der Waals surface area contributed by atoms with E-state index in [9.17, 15) is 14.7 Å². The van der Waals surface area contributed by atoms with E-state index >= 15 is 0 Å². The van der Waals surface area contributed by atoms with Gasteiger partial charge in [-0.25, -0.2) is 4.79 Å². The number of nitrogens with one attached hydrogen (secondary N) is 1. The molecule has 202 valence electrons. The molecule has 0 heterocycles. The standard InChI is InChI=1S/C29H57NO4/c1-3-5-7-9-11-13-15-16-18-20-22-24-28(32)30-27(26-31)29(33)34-25-23-21-19-17-14-12-10-8-6-4-2/h27,31H,3-26H2,1-2H3,(H,30,32)/t27-/m0/s1. The average molecular weight is 484 g/mol. The molecule has 0 aromatic rings. The third-order valence-electron chi connectivity index (χ3n) is 6.55. The van der Waals surface area contributed by atoms with E-state index in [0.29, 0.717) is 13.0 Å². The van der Waals surface area contributed by atoms with E-state index < -0.39 is 18.6 Å². The van der Waals surface area contributed by atoms with Gasteiger partial charge in [-0.05, 0) is 12.8 Å². The monoisotopic (exact) mass is 483 g/mol. The zero-order valence-corrected chi connectivity index (χ0v) is 22.7. The normalized spacial score (nSPS) is 12.0. The molecule has 0 rings (SSSR count). The first-order chi connectivity index (χ1) is 16.7. The topological polar surface area (TPSA) is 75.6 Å². The minimum atomic E-state index is -0.941. The molecule has 0 radical (unpaired) electrons. The van der Waals surface area contributed by atoms with Crippen molar-refractivity contribution in [3.63, 3.8) is 0 Å². The number of hydrogen-bond acceptors (Lipinski definition) is 4. The number of carbonyl (C=O) groups is 2. The lowest BCUT2D eigenvalue weighted by molar-refractivity contribution is -0.149. The summed E-state index contributed by atoms with van der Waals surface area (Å²) < 4.78 is 5.27. The van der Waals surface area contributed by atoms with E-state index in [1.165, 1.54) is 103 Å². The predicted molar refractivity (Wildman–Crippen MR) is 143 cm³/mol. The summed E-state index contributed by atoms with van der Waals surface area (Å²) in [6.45, 7) is 4.43. The van der Waals surface area contributed by atoms with Gasteiger partial charge in [-0.2, -0.15) is 0 Å². The molecule has 0 aliphatic rings. The molecule has 1 amide bonds. The van der Waals surface area contributed by atoms with Crippen molar-refractivity contribution in [2.24, 2.45) is 0 Å². The van der Waals surface area contributed by atoms with Crippen molar-refractivity contribution in [2.45, 2.75) is 161 Å². The summed E-state index contributed by atoms with van der Waals surface area (Å²) in [5.41, 5.74) is 0. The fourth-order valence-electron chi connectivity index (χ4n) is 4.26.